The monoisotopic (exact) mass is 570 g/mol. The minimum atomic E-state index is -1.88. The van der Waals surface area contributed by atoms with Crippen LogP contribution in [0.25, 0.3) is 0 Å². The van der Waals surface area contributed by atoms with Crippen LogP contribution in [0.4, 0.5) is 0 Å². The number of carbonyl (C=O) groups excluding carboxylic acids is 4. The van der Waals surface area contributed by atoms with E-state index in [9.17, 15) is 24.3 Å². The summed E-state index contributed by atoms with van der Waals surface area (Å²) >= 11 is 7.39. The molecule has 0 aromatic heterocycles. The number of carbonyl (C=O) groups is 4. The molecule has 0 aromatic carbocycles. The highest BCUT2D eigenvalue weighted by Crippen LogP contribution is 2.70. The highest BCUT2D eigenvalue weighted by atomic mass is 79.9. The second-order valence-electron chi connectivity index (χ2n) is 10.4. The van der Waals surface area contributed by atoms with E-state index in [0.29, 0.717) is 12.8 Å². The van der Waals surface area contributed by atoms with Crippen molar-refractivity contribution in [3.05, 3.63) is 23.8 Å². The molecule has 4 rings (SSSR count). The lowest BCUT2D eigenvalue weighted by molar-refractivity contribution is -0.174. The van der Waals surface area contributed by atoms with E-state index in [0.717, 1.165) is 5.57 Å². The van der Waals surface area contributed by atoms with Crippen LogP contribution < -0.4 is 0 Å². The van der Waals surface area contributed by atoms with E-state index < -0.39 is 39.1 Å². The van der Waals surface area contributed by atoms with Crippen LogP contribution in [-0.2, 0) is 23.9 Å². The van der Waals surface area contributed by atoms with Gasteiger partial charge in [0, 0.05) is 34.9 Å². The van der Waals surface area contributed by atoms with Gasteiger partial charge in [-0.05, 0) is 49.3 Å². The zero-order valence-electron chi connectivity index (χ0n) is 18.6. The van der Waals surface area contributed by atoms with Gasteiger partial charge in [0.2, 0.25) is 5.78 Å². The Balaban J connectivity index is 1.79. The van der Waals surface area contributed by atoms with Crippen molar-refractivity contribution < 1.29 is 29.0 Å². The Bertz CT molecular complexity index is 983. The quantitative estimate of drug-likeness (QED) is 0.411. The lowest BCUT2D eigenvalue weighted by Gasteiger charge is -2.57. The molecule has 4 aliphatic carbocycles. The summed E-state index contributed by atoms with van der Waals surface area (Å²) in [6.07, 6.45) is 6.21. The molecular formula is C24H28Br2O6. The van der Waals surface area contributed by atoms with Crippen molar-refractivity contribution in [3.63, 3.8) is 0 Å². The summed E-state index contributed by atoms with van der Waals surface area (Å²) in [5, 5.41) is 11.9. The largest absolute Gasteiger partial charge is 0.458 e. The van der Waals surface area contributed by atoms with Crippen molar-refractivity contribution in [1.29, 1.82) is 0 Å². The van der Waals surface area contributed by atoms with E-state index in [1.165, 1.54) is 13.0 Å². The third-order valence-corrected chi connectivity index (χ3v) is 10.4. The number of rotatable bonds is 3. The maximum absolute atomic E-state index is 13.7. The van der Waals surface area contributed by atoms with Crippen molar-refractivity contribution in [2.24, 2.45) is 28.6 Å². The highest BCUT2D eigenvalue weighted by Gasteiger charge is 2.75. The normalized spacial score (nSPS) is 47.3. The van der Waals surface area contributed by atoms with Gasteiger partial charge in [-0.3, -0.25) is 19.2 Å². The summed E-state index contributed by atoms with van der Waals surface area (Å²) in [6, 6.07) is 0. The average molecular weight is 572 g/mol. The van der Waals surface area contributed by atoms with E-state index >= 15 is 0 Å². The molecule has 3 fully saturated rings. The minimum Gasteiger partial charge on any atom is -0.458 e. The van der Waals surface area contributed by atoms with E-state index in [2.05, 4.69) is 31.9 Å². The molecular weight excluding hydrogens is 544 g/mol. The first-order valence-electron chi connectivity index (χ1n) is 10.9. The van der Waals surface area contributed by atoms with E-state index in [1.807, 2.05) is 19.9 Å². The number of ketones is 3. The smallest absolute Gasteiger partial charge is 0.303 e. The first-order valence-corrected chi connectivity index (χ1v) is 12.6. The van der Waals surface area contributed by atoms with Crippen molar-refractivity contribution in [2.75, 3.05) is 6.61 Å². The predicted octanol–water partition coefficient (Wildman–Crippen LogP) is 3.47. The molecule has 0 unspecified atom stereocenters. The topological polar surface area (TPSA) is 97.7 Å². The highest BCUT2D eigenvalue weighted by molar-refractivity contribution is 9.10. The third-order valence-electron chi connectivity index (χ3n) is 8.62. The van der Waals surface area contributed by atoms with Crippen LogP contribution in [0.2, 0.25) is 0 Å². The number of fused-ring (bicyclic) bond motifs is 5. The standard InChI is InChI=1S/C24H28Br2O6/c1-12(27)32-11-19(30)24(31)22(3)10-18(29)20-14(16(22)9-23(24,4)26)8-17(25)15-7-13(28)5-6-21(15,20)2/h5-7,14,16-17,20,31H,8-11H2,1-4H3/t14-,16-,17+,20+,21-,22-,23-,24-/m0/s1. The van der Waals surface area contributed by atoms with Crippen LogP contribution in [0.15, 0.2) is 23.8 Å². The van der Waals surface area contributed by atoms with Crippen LogP contribution in [0.1, 0.15) is 47.0 Å². The van der Waals surface area contributed by atoms with Gasteiger partial charge in [-0.25, -0.2) is 0 Å². The summed E-state index contributed by atoms with van der Waals surface area (Å²) < 4.78 is 3.95. The number of hydrogen-bond donors (Lipinski definition) is 1. The molecule has 8 heteroatoms. The average Bonchev–Trinajstić information content (AvgIpc) is 2.85. The number of alkyl halides is 2. The van der Waals surface area contributed by atoms with Crippen LogP contribution in [-0.4, -0.2) is 49.8 Å². The number of allylic oxidation sites excluding steroid dienone is 4. The Kier molecular flexibility index (Phi) is 5.58. The molecule has 1 N–H and O–H groups in total. The third kappa shape index (κ3) is 3.04. The Labute approximate surface area is 204 Å². The Morgan fingerprint density at radius 2 is 1.91 bits per heavy atom. The van der Waals surface area contributed by atoms with Gasteiger partial charge in [0.1, 0.15) is 11.4 Å². The molecule has 32 heavy (non-hydrogen) atoms. The maximum Gasteiger partial charge on any atom is 0.303 e. The molecule has 174 valence electrons. The van der Waals surface area contributed by atoms with Gasteiger partial charge in [-0.1, -0.05) is 51.8 Å². The summed E-state index contributed by atoms with van der Waals surface area (Å²) in [4.78, 5) is 50.3. The molecule has 0 radical (unpaired) electrons. The van der Waals surface area contributed by atoms with Gasteiger partial charge < -0.3 is 9.84 Å². The lowest BCUT2D eigenvalue weighted by Crippen LogP contribution is -2.65. The minimum absolute atomic E-state index is 0.00976. The number of aliphatic hydroxyl groups is 1. The van der Waals surface area contributed by atoms with Crippen molar-refractivity contribution in [2.45, 2.75) is 61.7 Å². The Hall–Kier alpha value is -1.12. The van der Waals surface area contributed by atoms with Gasteiger partial charge in [0.15, 0.2) is 12.4 Å². The Morgan fingerprint density at radius 1 is 1.25 bits per heavy atom. The van der Waals surface area contributed by atoms with Gasteiger partial charge >= 0.3 is 5.97 Å². The number of halogens is 2. The number of ether oxygens (including phenoxy) is 1. The first kappa shape index (κ1) is 24.0. The molecule has 0 saturated heterocycles. The van der Waals surface area contributed by atoms with Crippen LogP contribution in [0, 0.1) is 28.6 Å². The van der Waals surface area contributed by atoms with Crippen molar-refractivity contribution in [1.82, 2.24) is 0 Å². The van der Waals surface area contributed by atoms with Gasteiger partial charge in [-0.15, -0.1) is 0 Å². The molecule has 8 atom stereocenters. The molecule has 6 nitrogen and oxygen atoms in total. The second kappa shape index (κ2) is 7.44. The van der Waals surface area contributed by atoms with E-state index in [-0.39, 0.29) is 40.6 Å². The second-order valence-corrected chi connectivity index (χ2v) is 13.3. The molecule has 3 saturated carbocycles. The molecule has 0 aliphatic heterocycles. The fourth-order valence-corrected chi connectivity index (χ4v) is 9.30. The maximum atomic E-state index is 13.7. The predicted molar refractivity (Wildman–Crippen MR) is 124 cm³/mol. The number of esters is 1. The molecule has 0 spiro atoms. The molecule has 4 aliphatic rings. The fourth-order valence-electron chi connectivity index (χ4n) is 7.22. The van der Waals surface area contributed by atoms with Crippen molar-refractivity contribution in [3.8, 4) is 0 Å². The number of Topliss-reactive ketones (excluding diaryl/α,β-unsaturated/α-hetero) is 2. The molecule has 0 bridgehead atoms. The van der Waals surface area contributed by atoms with Gasteiger partial charge in [0.25, 0.3) is 0 Å². The van der Waals surface area contributed by atoms with Crippen LogP contribution in [0.3, 0.4) is 0 Å². The summed E-state index contributed by atoms with van der Waals surface area (Å²) in [7, 11) is 0. The zero-order chi connectivity index (χ0) is 23.9. The summed E-state index contributed by atoms with van der Waals surface area (Å²) in [5.41, 5.74) is -2.56. The molecule has 0 amide bonds. The Morgan fingerprint density at radius 3 is 2.53 bits per heavy atom. The van der Waals surface area contributed by atoms with Crippen LogP contribution >= 0.6 is 31.9 Å². The van der Waals surface area contributed by atoms with E-state index in [1.54, 1.807) is 13.0 Å². The van der Waals surface area contributed by atoms with E-state index in [4.69, 9.17) is 4.74 Å². The first-order chi connectivity index (χ1) is 14.7. The van der Waals surface area contributed by atoms with Crippen molar-refractivity contribution >= 4 is 55.2 Å². The molecule has 0 heterocycles. The molecule has 0 aromatic rings. The number of hydrogen-bond acceptors (Lipinski definition) is 6. The fraction of sp³-hybridized carbons (Fsp3) is 0.667. The lowest BCUT2D eigenvalue weighted by atomic mass is 9.46. The summed E-state index contributed by atoms with van der Waals surface area (Å²) in [6.45, 7) is 6.29. The SMILES string of the molecule is CC(=O)OCC(=O)[C@@]1(O)[C@@](C)(Br)C[C@H]2[C@@H]3C[C@@H](Br)C4=CC(=O)C=C[C@]4(C)[C@H]3C(=O)C[C@@]21C. The van der Waals surface area contributed by atoms with Gasteiger partial charge in [0.05, 0.1) is 4.32 Å². The van der Waals surface area contributed by atoms with Gasteiger partial charge in [-0.2, -0.15) is 0 Å². The zero-order valence-corrected chi connectivity index (χ0v) is 21.8. The summed E-state index contributed by atoms with van der Waals surface area (Å²) in [5.74, 6) is -1.82. The van der Waals surface area contributed by atoms with Crippen LogP contribution in [0.5, 0.6) is 0 Å².